The molecule has 1 unspecified atom stereocenters. The van der Waals surface area contributed by atoms with E-state index in [2.05, 4.69) is 50.1 Å². The van der Waals surface area contributed by atoms with Gasteiger partial charge in [0.25, 0.3) is 0 Å². The van der Waals surface area contributed by atoms with Gasteiger partial charge in [0.05, 0.1) is 6.10 Å². The van der Waals surface area contributed by atoms with Crippen molar-refractivity contribution < 1.29 is 9.90 Å². The second-order valence-corrected chi connectivity index (χ2v) is 8.28. The van der Waals surface area contributed by atoms with Crippen LogP contribution in [0.15, 0.2) is 29.3 Å². The Morgan fingerprint density at radius 3 is 2.64 bits per heavy atom. The van der Waals surface area contributed by atoms with Gasteiger partial charge in [-0.3, -0.25) is 9.69 Å². The van der Waals surface area contributed by atoms with E-state index in [-0.39, 0.29) is 18.0 Å². The summed E-state index contributed by atoms with van der Waals surface area (Å²) in [6, 6.07) is 8.48. The van der Waals surface area contributed by atoms with E-state index in [9.17, 15) is 9.90 Å². The van der Waals surface area contributed by atoms with Crippen molar-refractivity contribution in [1.82, 2.24) is 20.9 Å². The molecule has 1 amide bonds. The number of amides is 1. The Hall–Kier alpha value is -2.12. The summed E-state index contributed by atoms with van der Waals surface area (Å²) in [5.74, 6) is 0.409. The number of guanidine groups is 1. The second-order valence-electron chi connectivity index (χ2n) is 8.28. The van der Waals surface area contributed by atoms with E-state index in [1.165, 1.54) is 11.1 Å². The number of aliphatic hydroxyl groups excluding tert-OH is 1. The molecule has 156 valence electrons. The molecule has 2 rings (SSSR count). The number of aliphatic hydroxyl groups is 1. The van der Waals surface area contributed by atoms with Gasteiger partial charge in [-0.2, -0.15) is 0 Å². The molecule has 0 aromatic heterocycles. The second kappa shape index (κ2) is 10.4. The van der Waals surface area contributed by atoms with Crippen LogP contribution in [0.1, 0.15) is 38.8 Å². The van der Waals surface area contributed by atoms with Gasteiger partial charge in [0.2, 0.25) is 5.91 Å². The van der Waals surface area contributed by atoms with Crippen LogP contribution in [-0.2, 0) is 17.8 Å². The molecule has 0 saturated carbocycles. The van der Waals surface area contributed by atoms with Gasteiger partial charge in [0.1, 0.15) is 6.54 Å². The fourth-order valence-electron chi connectivity index (χ4n) is 3.24. The van der Waals surface area contributed by atoms with Crippen LogP contribution in [0.5, 0.6) is 0 Å². The third-order valence-electron chi connectivity index (χ3n) is 4.42. The van der Waals surface area contributed by atoms with E-state index < -0.39 is 6.10 Å². The average molecular weight is 390 g/mol. The van der Waals surface area contributed by atoms with Gasteiger partial charge >= 0.3 is 0 Å². The lowest BCUT2D eigenvalue weighted by Gasteiger charge is -2.30. The summed E-state index contributed by atoms with van der Waals surface area (Å²) >= 11 is 0. The molecule has 0 spiro atoms. The summed E-state index contributed by atoms with van der Waals surface area (Å²) in [4.78, 5) is 18.5. The van der Waals surface area contributed by atoms with Gasteiger partial charge in [0.15, 0.2) is 5.96 Å². The van der Waals surface area contributed by atoms with Crippen LogP contribution in [0, 0.1) is 0 Å². The normalized spacial score (nSPS) is 16.2. The van der Waals surface area contributed by atoms with Crippen molar-refractivity contribution in [1.29, 1.82) is 0 Å². The summed E-state index contributed by atoms with van der Waals surface area (Å²) in [6.07, 6.45) is 0.501. The molecule has 1 aromatic rings. The standard InChI is InChI=1S/C21H35N5O2/c1-5-22-20(24-13-19(28)25-21(2,3)4)23-12-18(27)15-26-11-10-16-8-6-7-9-17(16)14-26/h6-9,18,27H,5,10-15H2,1-4H3,(H,25,28)(H2,22,23,24). The van der Waals surface area contributed by atoms with Crippen LogP contribution in [-0.4, -0.2) is 66.2 Å². The zero-order valence-electron chi connectivity index (χ0n) is 17.6. The highest BCUT2D eigenvalue weighted by Gasteiger charge is 2.18. The first-order valence-corrected chi connectivity index (χ1v) is 10.1. The maximum absolute atomic E-state index is 11.9. The molecule has 0 aliphatic carbocycles. The highest BCUT2D eigenvalue weighted by molar-refractivity contribution is 5.85. The predicted octanol–water partition coefficient (Wildman–Crippen LogP) is 0.875. The maximum atomic E-state index is 11.9. The van der Waals surface area contributed by atoms with E-state index in [0.717, 1.165) is 19.5 Å². The Morgan fingerprint density at radius 2 is 1.96 bits per heavy atom. The summed E-state index contributed by atoms with van der Waals surface area (Å²) in [5.41, 5.74) is 2.47. The molecule has 1 aliphatic heterocycles. The third-order valence-corrected chi connectivity index (χ3v) is 4.42. The summed E-state index contributed by atoms with van der Waals surface area (Å²) in [7, 11) is 0. The number of nitrogens with zero attached hydrogens (tertiary/aromatic N) is 2. The van der Waals surface area contributed by atoms with E-state index in [1.54, 1.807) is 0 Å². The summed E-state index contributed by atoms with van der Waals surface area (Å²) < 4.78 is 0. The van der Waals surface area contributed by atoms with Crippen molar-refractivity contribution in [3.63, 3.8) is 0 Å². The minimum Gasteiger partial charge on any atom is -0.390 e. The molecule has 1 atom stereocenters. The van der Waals surface area contributed by atoms with E-state index in [1.807, 2.05) is 27.7 Å². The van der Waals surface area contributed by atoms with Crippen molar-refractivity contribution in [3.8, 4) is 0 Å². The molecule has 0 fully saturated rings. The lowest BCUT2D eigenvalue weighted by atomic mass is 10.00. The van der Waals surface area contributed by atoms with Gasteiger partial charge in [0, 0.05) is 38.3 Å². The van der Waals surface area contributed by atoms with Gasteiger partial charge in [-0.15, -0.1) is 0 Å². The molecule has 7 nitrogen and oxygen atoms in total. The fourth-order valence-corrected chi connectivity index (χ4v) is 3.24. The van der Waals surface area contributed by atoms with Crippen molar-refractivity contribution in [2.24, 2.45) is 4.99 Å². The SMILES string of the molecule is CCNC(=NCC(=O)NC(C)(C)C)NCC(O)CN1CCc2ccccc2C1. The van der Waals surface area contributed by atoms with E-state index >= 15 is 0 Å². The van der Waals surface area contributed by atoms with Crippen LogP contribution in [0.2, 0.25) is 0 Å². The maximum Gasteiger partial charge on any atom is 0.242 e. The van der Waals surface area contributed by atoms with Crippen LogP contribution in [0.3, 0.4) is 0 Å². The molecule has 0 saturated heterocycles. The molecule has 7 heteroatoms. The highest BCUT2D eigenvalue weighted by atomic mass is 16.3. The largest absolute Gasteiger partial charge is 0.390 e. The Kier molecular flexibility index (Phi) is 8.26. The first-order chi connectivity index (χ1) is 13.3. The van der Waals surface area contributed by atoms with Gasteiger partial charge in [-0.05, 0) is 45.2 Å². The Labute approximate surface area is 168 Å². The Balaban J connectivity index is 1.79. The summed E-state index contributed by atoms with van der Waals surface area (Å²) in [6.45, 7) is 11.3. The smallest absolute Gasteiger partial charge is 0.242 e. The lowest BCUT2D eigenvalue weighted by Crippen LogP contribution is -2.46. The number of benzene rings is 1. The number of rotatable bonds is 7. The van der Waals surface area contributed by atoms with Crippen molar-refractivity contribution in [2.75, 3.05) is 32.7 Å². The van der Waals surface area contributed by atoms with Crippen molar-refractivity contribution in [2.45, 2.75) is 52.3 Å². The molecule has 4 N–H and O–H groups in total. The minimum absolute atomic E-state index is 0.0472. The fraction of sp³-hybridized carbons (Fsp3) is 0.619. The lowest BCUT2D eigenvalue weighted by molar-refractivity contribution is -0.121. The van der Waals surface area contributed by atoms with Crippen LogP contribution in [0.4, 0.5) is 0 Å². The molecule has 1 aliphatic rings. The Morgan fingerprint density at radius 1 is 1.25 bits per heavy atom. The van der Waals surface area contributed by atoms with Crippen molar-refractivity contribution in [3.05, 3.63) is 35.4 Å². The van der Waals surface area contributed by atoms with Crippen LogP contribution < -0.4 is 16.0 Å². The van der Waals surface area contributed by atoms with Gasteiger partial charge < -0.3 is 21.1 Å². The number of nitrogens with one attached hydrogen (secondary N) is 3. The van der Waals surface area contributed by atoms with Crippen LogP contribution >= 0.6 is 0 Å². The number of hydrogen-bond acceptors (Lipinski definition) is 4. The molecular weight excluding hydrogens is 354 g/mol. The Bertz CT molecular complexity index is 669. The number of carbonyl (C=O) groups excluding carboxylic acids is 1. The predicted molar refractivity (Wildman–Crippen MR) is 113 cm³/mol. The summed E-state index contributed by atoms with van der Waals surface area (Å²) in [5, 5.41) is 19.6. The average Bonchev–Trinajstić information content (AvgIpc) is 2.62. The molecule has 1 heterocycles. The third kappa shape index (κ3) is 7.86. The quantitative estimate of drug-likeness (QED) is 0.411. The van der Waals surface area contributed by atoms with Gasteiger partial charge in [-0.1, -0.05) is 24.3 Å². The first kappa shape index (κ1) is 22.2. The minimum atomic E-state index is -0.516. The monoisotopic (exact) mass is 389 g/mol. The molecule has 0 bridgehead atoms. The molecule has 1 aromatic carbocycles. The first-order valence-electron chi connectivity index (χ1n) is 10.1. The van der Waals surface area contributed by atoms with E-state index in [0.29, 0.717) is 25.6 Å². The molecule has 0 radical (unpaired) electrons. The number of carbonyl (C=O) groups is 1. The zero-order chi connectivity index (χ0) is 20.6. The van der Waals surface area contributed by atoms with Crippen LogP contribution in [0.25, 0.3) is 0 Å². The highest BCUT2D eigenvalue weighted by Crippen LogP contribution is 2.18. The van der Waals surface area contributed by atoms with E-state index in [4.69, 9.17) is 0 Å². The number of fused-ring (bicyclic) bond motifs is 1. The zero-order valence-corrected chi connectivity index (χ0v) is 17.6. The number of aliphatic imine (C=N–C) groups is 1. The number of β-amino-alcohol motifs (C(OH)–C–C–N with tert-alkyl or cyclic N) is 1. The molecule has 28 heavy (non-hydrogen) atoms. The van der Waals surface area contributed by atoms with Gasteiger partial charge in [-0.25, -0.2) is 4.99 Å². The van der Waals surface area contributed by atoms with Crippen molar-refractivity contribution >= 4 is 11.9 Å². The molecular formula is C21H35N5O2. The number of hydrogen-bond donors (Lipinski definition) is 4. The topological polar surface area (TPSA) is 89.0 Å².